The van der Waals surface area contributed by atoms with Gasteiger partial charge in [-0.3, -0.25) is 0 Å². The number of carboxylic acids is 1. The lowest BCUT2D eigenvalue weighted by atomic mass is 10.1. The highest BCUT2D eigenvalue weighted by Crippen LogP contribution is 2.39. The fourth-order valence-corrected chi connectivity index (χ4v) is 5.41. The molecule has 1 aliphatic heterocycles. The van der Waals surface area contributed by atoms with Gasteiger partial charge in [-0.25, -0.2) is 4.79 Å². The average Bonchev–Trinajstić information content (AvgIpc) is 3.10. The molecule has 1 aliphatic rings. The van der Waals surface area contributed by atoms with E-state index in [4.69, 9.17) is 4.74 Å². The van der Waals surface area contributed by atoms with Crippen LogP contribution in [0.1, 0.15) is 12.5 Å². The van der Waals surface area contributed by atoms with Crippen LogP contribution in [0.25, 0.3) is 6.08 Å². The minimum atomic E-state index is -1.27. The number of aliphatic carboxylic acids is 1. The summed E-state index contributed by atoms with van der Waals surface area (Å²) in [5.74, 6) is -0.318. The van der Waals surface area contributed by atoms with Crippen molar-refractivity contribution in [2.45, 2.75) is 6.92 Å². The fraction of sp³-hybridized carbons (Fsp3) is 0.0244. The number of hydrogen-bond donors (Lipinski definition) is 1. The summed E-state index contributed by atoms with van der Waals surface area (Å²) in [7, 11) is 0. The Morgan fingerprint density at radius 3 is 1.43 bits per heavy atom. The standard InChI is InChI=1S/C41H31N3O3/c1-30-27-32(40(29-42)41(45)46)28-39(47-30)26-19-31-17-20-36(21-18-31)44(35-15-9-4-10-16-35)38-24-22-37(23-25-38)43(33-11-5-2-6-12-33)34-13-7-3-8-14-34/h2-28H,1H3,(H,45,46)/b26-19+,40-32+. The van der Waals surface area contributed by atoms with Gasteiger partial charge in [0.1, 0.15) is 23.2 Å². The summed E-state index contributed by atoms with van der Waals surface area (Å²) in [6, 6.07) is 49.4. The van der Waals surface area contributed by atoms with Gasteiger partial charge in [0.15, 0.2) is 0 Å². The summed E-state index contributed by atoms with van der Waals surface area (Å²) >= 11 is 0. The molecule has 1 heterocycles. The van der Waals surface area contributed by atoms with Crippen LogP contribution in [0.2, 0.25) is 0 Å². The Morgan fingerprint density at radius 2 is 1.02 bits per heavy atom. The maximum atomic E-state index is 11.5. The molecule has 0 atom stereocenters. The monoisotopic (exact) mass is 613 g/mol. The first-order valence-corrected chi connectivity index (χ1v) is 15.1. The normalized spacial score (nSPS) is 13.5. The van der Waals surface area contributed by atoms with Crippen LogP contribution in [0.15, 0.2) is 180 Å². The molecule has 6 nitrogen and oxygen atoms in total. The molecule has 0 unspecified atom stereocenters. The minimum Gasteiger partial charge on any atom is -0.477 e. The van der Waals surface area contributed by atoms with Crippen LogP contribution in [0, 0.1) is 11.3 Å². The van der Waals surface area contributed by atoms with Gasteiger partial charge in [-0.15, -0.1) is 0 Å². The topological polar surface area (TPSA) is 76.8 Å². The van der Waals surface area contributed by atoms with Crippen molar-refractivity contribution in [1.82, 2.24) is 0 Å². The third kappa shape index (κ3) is 7.06. The summed E-state index contributed by atoms with van der Waals surface area (Å²) in [6.07, 6.45) is 6.76. The lowest BCUT2D eigenvalue weighted by Crippen LogP contribution is -2.12. The zero-order valence-electron chi connectivity index (χ0n) is 25.7. The average molecular weight is 614 g/mol. The highest BCUT2D eigenvalue weighted by atomic mass is 16.5. The van der Waals surface area contributed by atoms with Crippen LogP contribution in [-0.2, 0) is 9.53 Å². The summed E-state index contributed by atoms with van der Waals surface area (Å²) in [5, 5.41) is 18.7. The Kier molecular flexibility index (Phi) is 9.08. The molecule has 1 N–H and O–H groups in total. The smallest absolute Gasteiger partial charge is 0.347 e. The summed E-state index contributed by atoms with van der Waals surface area (Å²) in [4.78, 5) is 15.9. The van der Waals surface area contributed by atoms with Crippen LogP contribution in [-0.4, -0.2) is 11.1 Å². The number of ether oxygens (including phenoxy) is 1. The van der Waals surface area contributed by atoms with Gasteiger partial charge in [0.05, 0.1) is 0 Å². The molecule has 6 heteroatoms. The predicted octanol–water partition coefficient (Wildman–Crippen LogP) is 10.4. The van der Waals surface area contributed by atoms with E-state index in [0.29, 0.717) is 17.1 Å². The van der Waals surface area contributed by atoms with Crippen molar-refractivity contribution in [1.29, 1.82) is 5.26 Å². The van der Waals surface area contributed by atoms with E-state index in [1.54, 1.807) is 31.2 Å². The number of carbonyl (C=O) groups is 1. The molecule has 0 fully saturated rings. The molecule has 0 amide bonds. The second-order valence-electron chi connectivity index (χ2n) is 10.8. The van der Waals surface area contributed by atoms with E-state index in [1.807, 2.05) is 72.8 Å². The van der Waals surface area contributed by atoms with E-state index in [9.17, 15) is 15.2 Å². The van der Waals surface area contributed by atoms with Gasteiger partial charge in [0, 0.05) is 39.7 Å². The Morgan fingerprint density at radius 1 is 0.617 bits per heavy atom. The molecule has 0 saturated carbocycles. The number of rotatable bonds is 9. The van der Waals surface area contributed by atoms with Crippen molar-refractivity contribution in [3.05, 3.63) is 186 Å². The SMILES string of the molecule is CC1=C/C(=C(/C#N)C(=O)O)C=C(/C=C/c2ccc(N(c3ccccc3)c3ccc(N(c4ccccc4)c4ccccc4)cc3)cc2)O1. The molecule has 0 aromatic heterocycles. The first-order chi connectivity index (χ1) is 23.0. The van der Waals surface area contributed by atoms with Crippen LogP contribution in [0.3, 0.4) is 0 Å². The van der Waals surface area contributed by atoms with E-state index in [1.165, 1.54) is 0 Å². The quantitative estimate of drug-likeness (QED) is 0.132. The predicted molar refractivity (Wildman–Crippen MR) is 188 cm³/mol. The zero-order valence-corrected chi connectivity index (χ0v) is 25.7. The number of nitriles is 1. The lowest BCUT2D eigenvalue weighted by molar-refractivity contribution is -0.132. The Labute approximate surface area is 274 Å². The molecule has 0 saturated heterocycles. The van der Waals surface area contributed by atoms with E-state index >= 15 is 0 Å². The first-order valence-electron chi connectivity index (χ1n) is 15.1. The van der Waals surface area contributed by atoms with Gasteiger partial charge in [-0.1, -0.05) is 72.8 Å². The number of allylic oxidation sites excluding steroid dienone is 5. The van der Waals surface area contributed by atoms with Crippen LogP contribution < -0.4 is 9.80 Å². The number of benzene rings is 5. The Hall–Kier alpha value is -6.58. The van der Waals surface area contributed by atoms with Gasteiger partial charge in [0.2, 0.25) is 0 Å². The minimum absolute atomic E-state index is 0.305. The Bertz CT molecular complexity index is 1980. The largest absolute Gasteiger partial charge is 0.477 e. The zero-order chi connectivity index (χ0) is 32.6. The number of anilines is 6. The van der Waals surface area contributed by atoms with Crippen molar-refractivity contribution < 1.29 is 14.6 Å². The van der Waals surface area contributed by atoms with Crippen molar-refractivity contribution >= 4 is 46.2 Å². The maximum absolute atomic E-state index is 11.5. The first kappa shape index (κ1) is 30.4. The molecule has 5 aromatic rings. The van der Waals surface area contributed by atoms with Gasteiger partial charge in [-0.05, 0) is 104 Å². The maximum Gasteiger partial charge on any atom is 0.347 e. The van der Waals surface area contributed by atoms with Gasteiger partial charge < -0.3 is 19.6 Å². The third-order valence-corrected chi connectivity index (χ3v) is 7.55. The van der Waals surface area contributed by atoms with Crippen molar-refractivity contribution in [3.8, 4) is 6.07 Å². The molecular formula is C41H31N3O3. The van der Waals surface area contributed by atoms with Crippen LogP contribution in [0.4, 0.5) is 34.1 Å². The van der Waals surface area contributed by atoms with E-state index in [0.717, 1.165) is 39.7 Å². The van der Waals surface area contributed by atoms with Crippen molar-refractivity contribution in [2.75, 3.05) is 9.80 Å². The summed E-state index contributed by atoms with van der Waals surface area (Å²) in [6.45, 7) is 1.72. The van der Waals surface area contributed by atoms with Crippen molar-refractivity contribution in [2.24, 2.45) is 0 Å². The highest BCUT2D eigenvalue weighted by Gasteiger charge is 2.17. The molecule has 0 spiro atoms. The molecule has 0 aliphatic carbocycles. The number of carboxylic acid groups (broad SMARTS) is 1. The lowest BCUT2D eigenvalue weighted by Gasteiger charge is -2.28. The molecule has 0 bridgehead atoms. The fourth-order valence-electron chi connectivity index (χ4n) is 5.41. The van der Waals surface area contributed by atoms with E-state index in [2.05, 4.69) is 82.6 Å². The van der Waals surface area contributed by atoms with Gasteiger partial charge in [0.25, 0.3) is 0 Å². The molecule has 228 valence electrons. The molecule has 47 heavy (non-hydrogen) atoms. The molecule has 5 aromatic carbocycles. The van der Waals surface area contributed by atoms with Crippen LogP contribution in [0.5, 0.6) is 0 Å². The van der Waals surface area contributed by atoms with E-state index in [-0.39, 0.29) is 5.57 Å². The van der Waals surface area contributed by atoms with Crippen molar-refractivity contribution in [3.63, 3.8) is 0 Å². The number of nitrogens with zero attached hydrogens (tertiary/aromatic N) is 3. The van der Waals surface area contributed by atoms with Crippen LogP contribution >= 0.6 is 0 Å². The third-order valence-electron chi connectivity index (χ3n) is 7.55. The van der Waals surface area contributed by atoms with Gasteiger partial charge >= 0.3 is 5.97 Å². The molecule has 0 radical (unpaired) electrons. The van der Waals surface area contributed by atoms with E-state index < -0.39 is 5.97 Å². The van der Waals surface area contributed by atoms with Gasteiger partial charge in [-0.2, -0.15) is 5.26 Å². The Balaban J connectivity index is 1.30. The second-order valence-corrected chi connectivity index (χ2v) is 10.8. The number of para-hydroxylation sites is 3. The highest BCUT2D eigenvalue weighted by molar-refractivity contribution is 5.93. The summed E-state index contributed by atoms with van der Waals surface area (Å²) in [5.41, 5.74) is 7.14. The molecular weight excluding hydrogens is 582 g/mol. The number of hydrogen-bond acceptors (Lipinski definition) is 5. The second kappa shape index (κ2) is 14.0. The summed E-state index contributed by atoms with van der Waals surface area (Å²) < 4.78 is 5.76. The molecule has 6 rings (SSSR count).